The molecule has 2 aromatic rings. The van der Waals surface area contributed by atoms with Crippen LogP contribution >= 0.6 is 11.6 Å². The summed E-state index contributed by atoms with van der Waals surface area (Å²) in [5, 5.41) is 6.04. The highest BCUT2D eigenvalue weighted by atomic mass is 35.5. The summed E-state index contributed by atoms with van der Waals surface area (Å²) in [4.78, 5) is 23.4. The zero-order valence-corrected chi connectivity index (χ0v) is 15.8. The van der Waals surface area contributed by atoms with E-state index >= 15 is 0 Å². The average Bonchev–Trinajstić information content (AvgIpc) is 2.85. The molecule has 0 fully saturated rings. The Labute approximate surface area is 162 Å². The fourth-order valence-electron chi connectivity index (χ4n) is 2.80. The van der Waals surface area contributed by atoms with Gasteiger partial charge in [-0.3, -0.25) is 9.59 Å². The number of nitrogens with one attached hydrogen (secondary N) is 2. The minimum absolute atomic E-state index is 0.134. The van der Waals surface area contributed by atoms with Crippen molar-refractivity contribution >= 4 is 29.1 Å². The van der Waals surface area contributed by atoms with Gasteiger partial charge < -0.3 is 20.1 Å². The summed E-state index contributed by atoms with van der Waals surface area (Å²) in [5.74, 6) is 0.840. The molecule has 2 aromatic carbocycles. The second kappa shape index (κ2) is 8.77. The molecule has 2 amide bonds. The van der Waals surface area contributed by atoms with Gasteiger partial charge in [0, 0.05) is 25.6 Å². The lowest BCUT2D eigenvalue weighted by molar-refractivity contribution is -0.120. The minimum Gasteiger partial charge on any atom is -0.489 e. The maximum Gasteiger partial charge on any atom is 0.224 e. The summed E-state index contributed by atoms with van der Waals surface area (Å²) >= 11 is 6.26. The summed E-state index contributed by atoms with van der Waals surface area (Å²) in [6.45, 7) is 2.94. The lowest BCUT2D eigenvalue weighted by atomic mass is 10.1. The third-order valence-electron chi connectivity index (χ3n) is 3.96. The molecule has 142 valence electrons. The molecule has 6 nitrogen and oxygen atoms in total. The van der Waals surface area contributed by atoms with Crippen LogP contribution in [-0.2, 0) is 22.6 Å². The molecule has 0 spiro atoms. The van der Waals surface area contributed by atoms with Crippen molar-refractivity contribution in [1.82, 2.24) is 5.32 Å². The van der Waals surface area contributed by atoms with Crippen molar-refractivity contribution in [3.8, 4) is 11.5 Å². The molecule has 0 aliphatic carbocycles. The monoisotopic (exact) mass is 388 g/mol. The Kier molecular flexibility index (Phi) is 6.19. The first-order valence-corrected chi connectivity index (χ1v) is 9.10. The molecule has 2 N–H and O–H groups in total. The van der Waals surface area contributed by atoms with Crippen molar-refractivity contribution in [2.75, 3.05) is 18.5 Å². The topological polar surface area (TPSA) is 76.7 Å². The normalized spacial score (nSPS) is 12.8. The zero-order chi connectivity index (χ0) is 19.2. The van der Waals surface area contributed by atoms with Crippen molar-refractivity contribution in [2.45, 2.75) is 26.3 Å². The Bertz CT molecular complexity index is 854. The number of benzene rings is 2. The largest absolute Gasteiger partial charge is 0.489 e. The highest BCUT2D eigenvalue weighted by molar-refractivity contribution is 6.32. The molecule has 0 radical (unpaired) electrons. The van der Waals surface area contributed by atoms with Gasteiger partial charge in [-0.05, 0) is 35.4 Å². The maximum atomic E-state index is 12.3. The molecule has 0 atom stereocenters. The first-order chi connectivity index (χ1) is 13.0. The molecule has 0 bridgehead atoms. The van der Waals surface area contributed by atoms with E-state index in [1.165, 1.54) is 6.92 Å². The highest BCUT2D eigenvalue weighted by Gasteiger charge is 2.16. The van der Waals surface area contributed by atoms with Crippen molar-refractivity contribution < 1.29 is 19.1 Å². The van der Waals surface area contributed by atoms with E-state index in [-0.39, 0.29) is 18.2 Å². The third kappa shape index (κ3) is 5.37. The number of hydrogen-bond acceptors (Lipinski definition) is 4. The van der Waals surface area contributed by atoms with Gasteiger partial charge in [-0.1, -0.05) is 23.7 Å². The predicted molar refractivity (Wildman–Crippen MR) is 103 cm³/mol. The van der Waals surface area contributed by atoms with E-state index < -0.39 is 0 Å². The number of rotatable bonds is 5. The van der Waals surface area contributed by atoms with Gasteiger partial charge in [0.05, 0.1) is 24.7 Å². The van der Waals surface area contributed by atoms with Crippen molar-refractivity contribution in [1.29, 1.82) is 0 Å². The molecule has 0 unspecified atom stereocenters. The van der Waals surface area contributed by atoms with Crippen LogP contribution < -0.4 is 20.1 Å². The maximum absolute atomic E-state index is 12.3. The second-order valence-corrected chi connectivity index (χ2v) is 6.70. The van der Waals surface area contributed by atoms with Crippen LogP contribution in [0.5, 0.6) is 11.5 Å². The molecule has 1 heterocycles. The van der Waals surface area contributed by atoms with Crippen LogP contribution in [0.4, 0.5) is 5.69 Å². The molecule has 0 saturated heterocycles. The summed E-state index contributed by atoms with van der Waals surface area (Å²) < 4.78 is 11.2. The SMILES string of the molecule is CC(=O)Nc1cccc(CNC(=O)Cc2cc(Cl)c3c(c2)OCCCO3)c1. The van der Waals surface area contributed by atoms with Crippen molar-refractivity contribution in [3.63, 3.8) is 0 Å². The molecular weight excluding hydrogens is 368 g/mol. The van der Waals surface area contributed by atoms with Crippen LogP contribution in [0.1, 0.15) is 24.5 Å². The smallest absolute Gasteiger partial charge is 0.224 e. The fourth-order valence-corrected chi connectivity index (χ4v) is 3.08. The standard InChI is InChI=1S/C20H21ClN2O4/c1-13(24)23-16-5-2-4-14(8-16)12-22-19(25)11-15-9-17(21)20-18(10-15)26-6-3-7-27-20/h2,4-5,8-10H,3,6-7,11-12H2,1H3,(H,22,25)(H,23,24). The number of fused-ring (bicyclic) bond motifs is 1. The van der Waals surface area contributed by atoms with E-state index in [2.05, 4.69) is 10.6 Å². The number of amides is 2. The van der Waals surface area contributed by atoms with Gasteiger partial charge in [-0.2, -0.15) is 0 Å². The number of carbonyl (C=O) groups is 2. The zero-order valence-electron chi connectivity index (χ0n) is 15.0. The van der Waals surface area contributed by atoms with Crippen LogP contribution in [0.2, 0.25) is 5.02 Å². The Morgan fingerprint density at radius 1 is 1.11 bits per heavy atom. The van der Waals surface area contributed by atoms with Crippen LogP contribution in [-0.4, -0.2) is 25.0 Å². The molecule has 0 saturated carbocycles. The van der Waals surface area contributed by atoms with Crippen LogP contribution in [0.15, 0.2) is 36.4 Å². The predicted octanol–water partition coefficient (Wildman–Crippen LogP) is 3.32. The highest BCUT2D eigenvalue weighted by Crippen LogP contribution is 2.38. The van der Waals surface area contributed by atoms with Crippen LogP contribution in [0.25, 0.3) is 0 Å². The molecule has 1 aliphatic heterocycles. The third-order valence-corrected chi connectivity index (χ3v) is 4.24. The number of carbonyl (C=O) groups excluding carboxylic acids is 2. The summed E-state index contributed by atoms with van der Waals surface area (Å²) in [6, 6.07) is 10.9. The van der Waals surface area contributed by atoms with Crippen LogP contribution in [0, 0.1) is 0 Å². The second-order valence-electron chi connectivity index (χ2n) is 6.29. The molecule has 3 rings (SSSR count). The Balaban J connectivity index is 1.60. The van der Waals surface area contributed by atoms with E-state index in [1.807, 2.05) is 18.2 Å². The van der Waals surface area contributed by atoms with Crippen LogP contribution in [0.3, 0.4) is 0 Å². The Hall–Kier alpha value is -2.73. The minimum atomic E-state index is -0.137. The number of hydrogen-bond donors (Lipinski definition) is 2. The first kappa shape index (κ1) is 19.0. The first-order valence-electron chi connectivity index (χ1n) is 8.72. The molecule has 27 heavy (non-hydrogen) atoms. The van der Waals surface area contributed by atoms with Gasteiger partial charge in [0.15, 0.2) is 11.5 Å². The number of anilines is 1. The van der Waals surface area contributed by atoms with E-state index in [0.29, 0.717) is 42.0 Å². The summed E-state index contributed by atoms with van der Waals surface area (Å²) in [6.07, 6.45) is 0.972. The molecule has 1 aliphatic rings. The van der Waals surface area contributed by atoms with Gasteiger partial charge in [0.1, 0.15) is 0 Å². The van der Waals surface area contributed by atoms with Crippen molar-refractivity contribution in [2.24, 2.45) is 0 Å². The van der Waals surface area contributed by atoms with E-state index in [0.717, 1.165) is 17.5 Å². The lowest BCUT2D eigenvalue weighted by Gasteiger charge is -2.12. The quantitative estimate of drug-likeness (QED) is 0.823. The lowest BCUT2D eigenvalue weighted by Crippen LogP contribution is -2.24. The van der Waals surface area contributed by atoms with E-state index in [1.54, 1.807) is 18.2 Å². The fraction of sp³-hybridized carbons (Fsp3) is 0.300. The average molecular weight is 389 g/mol. The van der Waals surface area contributed by atoms with E-state index in [9.17, 15) is 9.59 Å². The summed E-state index contributed by atoms with van der Waals surface area (Å²) in [5.41, 5.74) is 2.35. The van der Waals surface area contributed by atoms with Crippen molar-refractivity contribution in [3.05, 3.63) is 52.5 Å². The van der Waals surface area contributed by atoms with Gasteiger partial charge in [0.25, 0.3) is 0 Å². The van der Waals surface area contributed by atoms with Gasteiger partial charge in [0.2, 0.25) is 11.8 Å². The molecule has 0 aromatic heterocycles. The van der Waals surface area contributed by atoms with Gasteiger partial charge >= 0.3 is 0 Å². The van der Waals surface area contributed by atoms with Gasteiger partial charge in [-0.15, -0.1) is 0 Å². The van der Waals surface area contributed by atoms with E-state index in [4.69, 9.17) is 21.1 Å². The number of ether oxygens (including phenoxy) is 2. The van der Waals surface area contributed by atoms with Gasteiger partial charge in [-0.25, -0.2) is 0 Å². The number of halogens is 1. The Morgan fingerprint density at radius 2 is 1.93 bits per heavy atom. The summed E-state index contributed by atoms with van der Waals surface area (Å²) in [7, 11) is 0. The Morgan fingerprint density at radius 3 is 2.74 bits per heavy atom. The molecule has 7 heteroatoms. The molecular formula is C20H21ClN2O4.